The average molecular weight is 496 g/mol. The van der Waals surface area contributed by atoms with Crippen LogP contribution in [0.25, 0.3) is 0 Å². The van der Waals surface area contributed by atoms with Crippen LogP contribution in [0.15, 0.2) is 58.9 Å². The van der Waals surface area contributed by atoms with Crippen LogP contribution in [0.2, 0.25) is 0 Å². The van der Waals surface area contributed by atoms with Gasteiger partial charge in [-0.3, -0.25) is 0 Å². The first-order chi connectivity index (χ1) is 12.8. The first kappa shape index (κ1) is 21.8. The molecule has 146 valence electrons. The van der Waals surface area contributed by atoms with Crippen molar-refractivity contribution in [3.05, 3.63) is 64.4 Å². The molecule has 6 heteroatoms. The van der Waals surface area contributed by atoms with Crippen LogP contribution in [0.1, 0.15) is 17.4 Å². The third-order valence-electron chi connectivity index (χ3n) is 4.50. The smallest absolute Gasteiger partial charge is 0.193 e. The summed E-state index contributed by atoms with van der Waals surface area (Å²) >= 11 is 1.82. The molecule has 1 aromatic carbocycles. The molecule has 0 atom stereocenters. The van der Waals surface area contributed by atoms with Crippen LogP contribution in [0.4, 0.5) is 5.69 Å². The van der Waals surface area contributed by atoms with Crippen molar-refractivity contribution in [2.45, 2.75) is 19.9 Å². The summed E-state index contributed by atoms with van der Waals surface area (Å²) in [4.78, 5) is 10.8. The Morgan fingerprint density at radius 2 is 1.93 bits per heavy atom. The molecule has 2 aromatic rings. The molecule has 0 unspecified atom stereocenters. The summed E-state index contributed by atoms with van der Waals surface area (Å²) in [5.74, 6) is 0.969. The van der Waals surface area contributed by atoms with Gasteiger partial charge in [0.05, 0.1) is 6.54 Å². The molecule has 0 amide bonds. The highest BCUT2D eigenvalue weighted by Gasteiger charge is 2.08. The molecule has 0 bridgehead atoms. The van der Waals surface area contributed by atoms with Crippen molar-refractivity contribution in [3.63, 3.8) is 0 Å². The summed E-state index contributed by atoms with van der Waals surface area (Å²) in [6, 6.07) is 13.1. The van der Waals surface area contributed by atoms with Gasteiger partial charge in [0.15, 0.2) is 5.96 Å². The minimum absolute atomic E-state index is 0. The highest BCUT2D eigenvalue weighted by molar-refractivity contribution is 14.0. The Morgan fingerprint density at radius 1 is 1.19 bits per heavy atom. The second kappa shape index (κ2) is 11.3. The minimum atomic E-state index is 0. The van der Waals surface area contributed by atoms with E-state index in [-0.39, 0.29) is 24.0 Å². The van der Waals surface area contributed by atoms with Gasteiger partial charge in [-0.15, -0.1) is 35.3 Å². The van der Waals surface area contributed by atoms with Crippen molar-refractivity contribution in [3.8, 4) is 0 Å². The molecule has 0 saturated heterocycles. The van der Waals surface area contributed by atoms with E-state index in [2.05, 4.69) is 83.0 Å². The number of likely N-dealkylation sites (N-methyl/N-ethyl adjacent to an activating group) is 1. The van der Waals surface area contributed by atoms with E-state index in [4.69, 9.17) is 4.99 Å². The summed E-state index contributed by atoms with van der Waals surface area (Å²) in [5, 5.41) is 5.54. The van der Waals surface area contributed by atoms with Gasteiger partial charge < -0.3 is 15.1 Å². The quantitative estimate of drug-likeness (QED) is 0.267. The summed E-state index contributed by atoms with van der Waals surface area (Å²) in [7, 11) is 2.11. The number of nitrogens with zero attached hydrogens (tertiary/aromatic N) is 3. The normalized spacial score (nSPS) is 13.6. The lowest BCUT2D eigenvalue weighted by atomic mass is 10.2. The molecule has 1 N–H and O–H groups in total. The van der Waals surface area contributed by atoms with Crippen molar-refractivity contribution < 1.29 is 0 Å². The predicted octanol–water partition coefficient (Wildman–Crippen LogP) is 4.38. The maximum absolute atomic E-state index is 4.82. The van der Waals surface area contributed by atoms with Gasteiger partial charge in [0.1, 0.15) is 0 Å². The van der Waals surface area contributed by atoms with E-state index in [1.165, 1.54) is 16.1 Å². The van der Waals surface area contributed by atoms with Crippen molar-refractivity contribution in [2.24, 2.45) is 4.99 Å². The molecule has 1 aliphatic rings. The predicted molar refractivity (Wildman–Crippen MR) is 129 cm³/mol. The van der Waals surface area contributed by atoms with Crippen LogP contribution in [0.3, 0.4) is 0 Å². The van der Waals surface area contributed by atoms with E-state index in [9.17, 15) is 0 Å². The van der Waals surface area contributed by atoms with Crippen LogP contribution < -0.4 is 10.2 Å². The van der Waals surface area contributed by atoms with Crippen LogP contribution in [-0.4, -0.2) is 44.1 Å². The number of hydrogen-bond donors (Lipinski definition) is 1. The highest BCUT2D eigenvalue weighted by Crippen LogP contribution is 2.18. The second-order valence-corrected chi connectivity index (χ2v) is 7.50. The molecule has 1 aromatic heterocycles. The van der Waals surface area contributed by atoms with Crippen LogP contribution in [-0.2, 0) is 13.0 Å². The topological polar surface area (TPSA) is 30.9 Å². The molecule has 0 aliphatic carbocycles. The van der Waals surface area contributed by atoms with Gasteiger partial charge in [-0.2, -0.15) is 0 Å². The monoisotopic (exact) mass is 496 g/mol. The molecule has 0 spiro atoms. The van der Waals surface area contributed by atoms with Crippen molar-refractivity contribution in [1.29, 1.82) is 0 Å². The third kappa shape index (κ3) is 6.53. The van der Waals surface area contributed by atoms with Gasteiger partial charge in [-0.05, 0) is 42.5 Å². The fourth-order valence-corrected chi connectivity index (χ4v) is 3.67. The van der Waals surface area contributed by atoms with Gasteiger partial charge in [-0.25, -0.2) is 4.99 Å². The van der Waals surface area contributed by atoms with E-state index in [1.54, 1.807) is 0 Å². The molecule has 0 saturated carbocycles. The molecular weight excluding hydrogens is 467 g/mol. The van der Waals surface area contributed by atoms with Crippen molar-refractivity contribution in [1.82, 2.24) is 10.2 Å². The van der Waals surface area contributed by atoms with E-state index in [0.29, 0.717) is 6.54 Å². The van der Waals surface area contributed by atoms with Gasteiger partial charge in [0, 0.05) is 43.8 Å². The van der Waals surface area contributed by atoms with Gasteiger partial charge in [-0.1, -0.05) is 30.4 Å². The number of guanidine groups is 1. The first-order valence-corrected chi connectivity index (χ1v) is 10.1. The largest absolute Gasteiger partial charge is 0.364 e. The van der Waals surface area contributed by atoms with Crippen LogP contribution >= 0.6 is 35.3 Å². The lowest BCUT2D eigenvalue weighted by Crippen LogP contribution is -2.39. The van der Waals surface area contributed by atoms with E-state index in [1.807, 2.05) is 11.3 Å². The van der Waals surface area contributed by atoms with Gasteiger partial charge >= 0.3 is 0 Å². The third-order valence-corrected chi connectivity index (χ3v) is 5.44. The number of benzene rings is 1. The van der Waals surface area contributed by atoms with Crippen molar-refractivity contribution in [2.75, 3.05) is 38.1 Å². The number of thiophene rings is 1. The number of anilines is 1. The Balaban J connectivity index is 0.00000261. The maximum Gasteiger partial charge on any atom is 0.193 e. The Kier molecular flexibility index (Phi) is 9.14. The number of halogens is 1. The molecule has 3 rings (SSSR count). The van der Waals surface area contributed by atoms with Gasteiger partial charge in [0.2, 0.25) is 0 Å². The number of aliphatic imine (C=N–C) groups is 1. The molecular formula is C21H29IN4S. The lowest BCUT2D eigenvalue weighted by molar-refractivity contribution is 0.486. The average Bonchev–Trinajstić information content (AvgIpc) is 3.37. The summed E-state index contributed by atoms with van der Waals surface area (Å²) in [6.45, 7) is 6.68. The fraction of sp³-hybridized carbons (Fsp3) is 0.381. The number of hydrogen-bond acceptors (Lipinski definition) is 3. The summed E-state index contributed by atoms with van der Waals surface area (Å²) < 4.78 is 0. The SMILES string of the molecule is CCNC(=NCc1ccc(N2CC=CC2)cc1)N(C)CCc1cccs1.I. The lowest BCUT2D eigenvalue weighted by Gasteiger charge is -2.22. The fourth-order valence-electron chi connectivity index (χ4n) is 2.98. The van der Waals surface area contributed by atoms with Crippen molar-refractivity contribution >= 4 is 47.0 Å². The zero-order valence-corrected chi connectivity index (χ0v) is 19.2. The molecule has 1 aliphatic heterocycles. The Hall–Kier alpha value is -1.54. The Labute approximate surface area is 184 Å². The molecule has 27 heavy (non-hydrogen) atoms. The number of nitrogens with one attached hydrogen (secondary N) is 1. The zero-order chi connectivity index (χ0) is 18.2. The summed E-state index contributed by atoms with van der Waals surface area (Å²) in [5.41, 5.74) is 2.52. The maximum atomic E-state index is 4.82. The van der Waals surface area contributed by atoms with Crippen LogP contribution in [0, 0.1) is 0 Å². The highest BCUT2D eigenvalue weighted by atomic mass is 127. The van der Waals surface area contributed by atoms with E-state index < -0.39 is 0 Å². The van der Waals surface area contributed by atoms with Gasteiger partial charge in [0.25, 0.3) is 0 Å². The zero-order valence-electron chi connectivity index (χ0n) is 16.1. The Bertz CT molecular complexity index is 717. The first-order valence-electron chi connectivity index (χ1n) is 9.27. The second-order valence-electron chi connectivity index (χ2n) is 6.46. The van der Waals surface area contributed by atoms with E-state index >= 15 is 0 Å². The minimum Gasteiger partial charge on any atom is -0.364 e. The van der Waals surface area contributed by atoms with E-state index in [0.717, 1.165) is 38.6 Å². The Morgan fingerprint density at radius 3 is 2.56 bits per heavy atom. The summed E-state index contributed by atoms with van der Waals surface area (Å²) in [6.07, 6.45) is 5.48. The standard InChI is InChI=1S/C21H28N4S.HI/c1-3-22-21(24(2)15-12-20-7-6-16-26-20)23-17-18-8-10-19(11-9-18)25-13-4-5-14-25;/h4-11,16H,3,12-15,17H2,1-2H3,(H,22,23);1H. The molecule has 4 nitrogen and oxygen atoms in total. The number of rotatable bonds is 7. The molecule has 2 heterocycles. The molecule has 0 radical (unpaired) electrons. The molecule has 0 fully saturated rings. The van der Waals surface area contributed by atoms with Crippen LogP contribution in [0.5, 0.6) is 0 Å².